The molecule has 3 rings (SSSR count). The van der Waals surface area contributed by atoms with Gasteiger partial charge < -0.3 is 0 Å². The summed E-state index contributed by atoms with van der Waals surface area (Å²) in [6.45, 7) is 12.3. The van der Waals surface area contributed by atoms with E-state index in [1.807, 2.05) is 0 Å². The highest BCUT2D eigenvalue weighted by Gasteiger charge is 3.02. The molecule has 3 aliphatic rings. The van der Waals surface area contributed by atoms with Gasteiger partial charge in [-0.2, -0.15) is 0 Å². The normalized spacial score (nSPS) is 65.7. The molecule has 1 spiro atoms. The summed E-state index contributed by atoms with van der Waals surface area (Å²) in [5.74, 6) is 3.24. The molecule has 0 heterocycles. The Morgan fingerprint density at radius 1 is 0.909 bits per heavy atom. The molecule has 62 valence electrons. The number of hydrogen-bond acceptors (Lipinski definition) is 0. The van der Waals surface area contributed by atoms with Gasteiger partial charge in [-0.3, -0.25) is 0 Å². The summed E-state index contributed by atoms with van der Waals surface area (Å²) in [7, 11) is 0. The van der Waals surface area contributed by atoms with Crippen molar-refractivity contribution >= 4 is 0 Å². The maximum atomic E-state index is 2.48. The maximum Gasteiger partial charge on any atom is -0.0119 e. The molecule has 0 aromatic rings. The van der Waals surface area contributed by atoms with Crippen LogP contribution in [0, 0.1) is 34.0 Å². The van der Waals surface area contributed by atoms with Crippen molar-refractivity contribution in [1.29, 1.82) is 0 Å². The van der Waals surface area contributed by atoms with Crippen LogP contribution >= 0.6 is 0 Å². The average molecular weight is 150 g/mol. The minimum atomic E-state index is 0.659. The molecular formula is C11H18. The molecule has 0 N–H and O–H groups in total. The molecule has 4 atom stereocenters. The Morgan fingerprint density at radius 2 is 1.45 bits per heavy atom. The van der Waals surface area contributed by atoms with Gasteiger partial charge in [-0.15, -0.1) is 0 Å². The highest BCUT2D eigenvalue weighted by Crippen LogP contribution is 3.05. The van der Waals surface area contributed by atoms with Crippen LogP contribution in [0.15, 0.2) is 0 Å². The first kappa shape index (κ1) is 6.51. The van der Waals surface area contributed by atoms with E-state index in [-0.39, 0.29) is 0 Å². The standard InChI is InChI=1S/C11H18/c1-6-7-8-10(4,5)11(7,8)9(6,2)3/h6-8H,1-5H3. The van der Waals surface area contributed by atoms with Crippen LogP contribution < -0.4 is 0 Å². The fourth-order valence-electron chi connectivity index (χ4n) is 5.11. The molecular weight excluding hydrogens is 132 g/mol. The smallest absolute Gasteiger partial charge is 0.0119 e. The second kappa shape index (κ2) is 1.11. The van der Waals surface area contributed by atoms with Crippen molar-refractivity contribution in [2.45, 2.75) is 34.6 Å². The van der Waals surface area contributed by atoms with E-state index in [0.717, 1.165) is 23.2 Å². The maximum absolute atomic E-state index is 2.48. The quantitative estimate of drug-likeness (QED) is 0.498. The monoisotopic (exact) mass is 150 g/mol. The van der Waals surface area contributed by atoms with E-state index in [9.17, 15) is 0 Å². The summed E-state index contributed by atoms with van der Waals surface area (Å²) in [5, 5.41) is 0. The summed E-state index contributed by atoms with van der Waals surface area (Å²) in [6.07, 6.45) is 0. The van der Waals surface area contributed by atoms with Gasteiger partial charge in [0.15, 0.2) is 0 Å². The molecule has 0 saturated heterocycles. The Bertz CT molecular complexity index is 249. The first-order chi connectivity index (χ1) is 4.90. The lowest BCUT2D eigenvalue weighted by Gasteiger charge is -2.54. The van der Waals surface area contributed by atoms with Gasteiger partial charge in [0.25, 0.3) is 0 Å². The second-order valence-electron chi connectivity index (χ2n) is 6.10. The highest BCUT2D eigenvalue weighted by atomic mass is 15.1. The lowest BCUT2D eigenvalue weighted by atomic mass is 9.50. The third-order valence-electron chi connectivity index (χ3n) is 5.77. The van der Waals surface area contributed by atoms with E-state index < -0.39 is 0 Å². The van der Waals surface area contributed by atoms with Crippen molar-refractivity contribution in [2.24, 2.45) is 34.0 Å². The van der Waals surface area contributed by atoms with Gasteiger partial charge in [0, 0.05) is 0 Å². The molecule has 0 bridgehead atoms. The Morgan fingerprint density at radius 3 is 1.64 bits per heavy atom. The van der Waals surface area contributed by atoms with Crippen LogP contribution in [0.1, 0.15) is 34.6 Å². The van der Waals surface area contributed by atoms with E-state index in [2.05, 4.69) is 34.6 Å². The van der Waals surface area contributed by atoms with Gasteiger partial charge >= 0.3 is 0 Å². The topological polar surface area (TPSA) is 0 Å². The second-order valence-corrected chi connectivity index (χ2v) is 6.10. The molecule has 0 amide bonds. The van der Waals surface area contributed by atoms with Crippen molar-refractivity contribution < 1.29 is 0 Å². The van der Waals surface area contributed by atoms with E-state index in [4.69, 9.17) is 0 Å². The number of hydrogen-bond donors (Lipinski definition) is 0. The minimum absolute atomic E-state index is 0.659. The molecule has 0 aliphatic heterocycles. The van der Waals surface area contributed by atoms with Crippen molar-refractivity contribution in [1.82, 2.24) is 0 Å². The van der Waals surface area contributed by atoms with Crippen LogP contribution in [0.2, 0.25) is 0 Å². The Kier molecular flexibility index (Phi) is 0.657. The van der Waals surface area contributed by atoms with Gasteiger partial charge in [-0.05, 0) is 34.0 Å². The van der Waals surface area contributed by atoms with Crippen LogP contribution in [0.4, 0.5) is 0 Å². The molecule has 11 heavy (non-hydrogen) atoms. The fourth-order valence-corrected chi connectivity index (χ4v) is 5.11. The minimum Gasteiger partial charge on any atom is -0.0617 e. The van der Waals surface area contributed by atoms with Gasteiger partial charge in [-0.25, -0.2) is 0 Å². The Balaban J connectivity index is 2.02. The zero-order chi connectivity index (χ0) is 8.23. The predicted molar refractivity (Wildman–Crippen MR) is 46.1 cm³/mol. The van der Waals surface area contributed by atoms with Crippen LogP contribution in [0.3, 0.4) is 0 Å². The van der Waals surface area contributed by atoms with Crippen molar-refractivity contribution in [3.63, 3.8) is 0 Å². The summed E-state index contributed by atoms with van der Waals surface area (Å²) in [6, 6.07) is 0. The third kappa shape index (κ3) is 0.302. The van der Waals surface area contributed by atoms with Gasteiger partial charge in [0.1, 0.15) is 0 Å². The lowest BCUT2D eigenvalue weighted by molar-refractivity contribution is -0.0637. The summed E-state index contributed by atoms with van der Waals surface area (Å²) in [5.41, 5.74) is 2.19. The van der Waals surface area contributed by atoms with Crippen molar-refractivity contribution in [3.8, 4) is 0 Å². The molecule has 4 unspecified atom stereocenters. The average Bonchev–Trinajstić information content (AvgIpc) is 2.67. The van der Waals surface area contributed by atoms with E-state index in [1.54, 1.807) is 0 Å². The zero-order valence-electron chi connectivity index (χ0n) is 8.23. The SMILES string of the molecule is CC1C2C3C(C)(C)C23C1(C)C. The van der Waals surface area contributed by atoms with Gasteiger partial charge in [0.05, 0.1) is 0 Å². The highest BCUT2D eigenvalue weighted by molar-refractivity contribution is 5.48. The first-order valence-corrected chi connectivity index (χ1v) is 4.90. The molecule has 0 radical (unpaired) electrons. The molecule has 0 aromatic carbocycles. The largest absolute Gasteiger partial charge is 0.0617 e. The van der Waals surface area contributed by atoms with Crippen LogP contribution in [0.25, 0.3) is 0 Å². The fraction of sp³-hybridized carbons (Fsp3) is 1.00. The van der Waals surface area contributed by atoms with Gasteiger partial charge in [-0.1, -0.05) is 34.6 Å². The van der Waals surface area contributed by atoms with E-state index in [0.29, 0.717) is 10.8 Å². The molecule has 0 nitrogen and oxygen atoms in total. The van der Waals surface area contributed by atoms with Crippen LogP contribution in [0.5, 0.6) is 0 Å². The van der Waals surface area contributed by atoms with Crippen LogP contribution in [-0.4, -0.2) is 0 Å². The summed E-state index contributed by atoms with van der Waals surface area (Å²) >= 11 is 0. The number of fused-ring (bicyclic) bond motifs is 1. The van der Waals surface area contributed by atoms with Crippen LogP contribution in [-0.2, 0) is 0 Å². The third-order valence-corrected chi connectivity index (χ3v) is 5.77. The molecule has 3 saturated carbocycles. The summed E-state index contributed by atoms with van der Waals surface area (Å²) in [4.78, 5) is 0. The van der Waals surface area contributed by atoms with E-state index in [1.165, 1.54) is 0 Å². The molecule has 0 heteroatoms. The molecule has 3 aliphatic carbocycles. The Hall–Kier alpha value is 0. The molecule has 3 fully saturated rings. The zero-order valence-corrected chi connectivity index (χ0v) is 8.23. The van der Waals surface area contributed by atoms with Gasteiger partial charge in [0.2, 0.25) is 0 Å². The summed E-state index contributed by atoms with van der Waals surface area (Å²) < 4.78 is 0. The lowest BCUT2D eigenvalue weighted by Crippen LogP contribution is -2.49. The van der Waals surface area contributed by atoms with Crippen molar-refractivity contribution in [3.05, 3.63) is 0 Å². The van der Waals surface area contributed by atoms with E-state index >= 15 is 0 Å². The molecule has 0 aromatic heterocycles. The van der Waals surface area contributed by atoms with Crippen molar-refractivity contribution in [2.75, 3.05) is 0 Å². The predicted octanol–water partition coefficient (Wildman–Crippen LogP) is 2.93. The first-order valence-electron chi connectivity index (χ1n) is 4.90. The Labute approximate surface area is 69.4 Å². The number of rotatable bonds is 0.